The summed E-state index contributed by atoms with van der Waals surface area (Å²) in [6.07, 6.45) is 1.63. The lowest BCUT2D eigenvalue weighted by atomic mass is 10.1. The Bertz CT molecular complexity index is 609. The zero-order valence-electron chi connectivity index (χ0n) is 11.2. The summed E-state index contributed by atoms with van der Waals surface area (Å²) in [5, 5.41) is 2.70. The molecule has 4 nitrogen and oxygen atoms in total. The van der Waals surface area contributed by atoms with Crippen molar-refractivity contribution in [2.24, 2.45) is 0 Å². The average Bonchev–Trinajstić information content (AvgIpc) is 2.36. The maximum atomic E-state index is 11.1. The summed E-state index contributed by atoms with van der Waals surface area (Å²) < 4.78 is 5.80. The van der Waals surface area contributed by atoms with Crippen LogP contribution in [0.1, 0.15) is 18.1 Å². The van der Waals surface area contributed by atoms with Crippen LogP contribution in [0.5, 0.6) is 11.6 Å². The van der Waals surface area contributed by atoms with E-state index < -0.39 is 0 Å². The third-order valence-corrected chi connectivity index (χ3v) is 2.84. The van der Waals surface area contributed by atoms with E-state index in [1.165, 1.54) is 6.92 Å². The van der Waals surface area contributed by atoms with Gasteiger partial charge in [0.05, 0.1) is 0 Å². The van der Waals surface area contributed by atoms with E-state index in [4.69, 9.17) is 4.74 Å². The minimum absolute atomic E-state index is 0.154. The van der Waals surface area contributed by atoms with E-state index in [0.29, 0.717) is 11.6 Å². The number of nitrogens with one attached hydrogen (secondary N) is 1. The second-order valence-electron chi connectivity index (χ2n) is 4.34. The summed E-state index contributed by atoms with van der Waals surface area (Å²) in [7, 11) is 0. The second kappa shape index (κ2) is 5.52. The molecule has 1 N–H and O–H groups in total. The molecular formula is C15H16N2O2. The van der Waals surface area contributed by atoms with Crippen LogP contribution in [0.3, 0.4) is 0 Å². The van der Waals surface area contributed by atoms with Crippen LogP contribution in [-0.2, 0) is 4.79 Å². The van der Waals surface area contributed by atoms with Crippen molar-refractivity contribution in [3.8, 4) is 11.6 Å². The molecule has 2 aromatic rings. The molecule has 98 valence electrons. The van der Waals surface area contributed by atoms with Crippen LogP contribution in [0.15, 0.2) is 36.5 Å². The van der Waals surface area contributed by atoms with Gasteiger partial charge in [-0.1, -0.05) is 12.1 Å². The van der Waals surface area contributed by atoms with Gasteiger partial charge in [0, 0.05) is 13.1 Å². The molecule has 0 atom stereocenters. The highest BCUT2D eigenvalue weighted by molar-refractivity contribution is 5.89. The third-order valence-electron chi connectivity index (χ3n) is 2.84. The number of pyridine rings is 1. The summed E-state index contributed by atoms with van der Waals surface area (Å²) in [4.78, 5) is 15.3. The number of amides is 1. The molecule has 1 heterocycles. The first-order valence-electron chi connectivity index (χ1n) is 6.04. The molecule has 0 saturated heterocycles. The summed E-state index contributed by atoms with van der Waals surface area (Å²) in [6.45, 7) is 5.47. The molecular weight excluding hydrogens is 240 g/mol. The monoisotopic (exact) mass is 256 g/mol. The number of nitrogens with zero attached hydrogens (tertiary/aromatic N) is 1. The largest absolute Gasteiger partial charge is 0.437 e. The van der Waals surface area contributed by atoms with E-state index >= 15 is 0 Å². The molecule has 2 rings (SSSR count). The highest BCUT2D eigenvalue weighted by Crippen LogP contribution is 2.30. The van der Waals surface area contributed by atoms with Crippen molar-refractivity contribution in [2.75, 3.05) is 5.32 Å². The number of aromatic nitrogens is 1. The van der Waals surface area contributed by atoms with Crippen molar-refractivity contribution in [2.45, 2.75) is 20.8 Å². The topological polar surface area (TPSA) is 51.2 Å². The van der Waals surface area contributed by atoms with Gasteiger partial charge in [-0.2, -0.15) is 0 Å². The molecule has 1 aromatic heterocycles. The van der Waals surface area contributed by atoms with Gasteiger partial charge < -0.3 is 10.1 Å². The van der Waals surface area contributed by atoms with Gasteiger partial charge in [-0.05, 0) is 43.2 Å². The molecule has 19 heavy (non-hydrogen) atoms. The molecule has 0 aliphatic carbocycles. The van der Waals surface area contributed by atoms with Crippen molar-refractivity contribution in [3.63, 3.8) is 0 Å². The van der Waals surface area contributed by atoms with E-state index in [9.17, 15) is 4.79 Å². The Morgan fingerprint density at radius 3 is 2.74 bits per heavy atom. The standard InChI is InChI=1S/C15H16N2O2/c1-10-6-4-8-14(11(10)2)19-15-13(17-12(3)18)7-5-9-16-15/h4-9H,1-3H3,(H,17,18). The lowest BCUT2D eigenvalue weighted by molar-refractivity contribution is -0.114. The summed E-state index contributed by atoms with van der Waals surface area (Å²) in [5.74, 6) is 0.982. The first-order valence-corrected chi connectivity index (χ1v) is 6.04. The Kier molecular flexibility index (Phi) is 3.80. The number of hydrogen-bond acceptors (Lipinski definition) is 3. The molecule has 4 heteroatoms. The SMILES string of the molecule is CC(=O)Nc1cccnc1Oc1cccc(C)c1C. The number of hydrogen-bond donors (Lipinski definition) is 1. The second-order valence-corrected chi connectivity index (χ2v) is 4.34. The molecule has 0 spiro atoms. The first kappa shape index (κ1) is 13.1. The molecule has 0 bridgehead atoms. The molecule has 0 radical (unpaired) electrons. The Hall–Kier alpha value is -2.36. The van der Waals surface area contributed by atoms with Crippen LogP contribution < -0.4 is 10.1 Å². The maximum Gasteiger partial charge on any atom is 0.243 e. The van der Waals surface area contributed by atoms with Crippen molar-refractivity contribution >= 4 is 11.6 Å². The number of carbonyl (C=O) groups excluding carboxylic acids is 1. The van der Waals surface area contributed by atoms with Gasteiger partial charge in [0.25, 0.3) is 0 Å². The average molecular weight is 256 g/mol. The zero-order valence-corrected chi connectivity index (χ0v) is 11.2. The molecule has 1 aromatic carbocycles. The van der Waals surface area contributed by atoms with E-state index in [-0.39, 0.29) is 5.91 Å². The van der Waals surface area contributed by atoms with E-state index in [2.05, 4.69) is 10.3 Å². The fourth-order valence-corrected chi connectivity index (χ4v) is 1.70. The van der Waals surface area contributed by atoms with Crippen LogP contribution in [0.2, 0.25) is 0 Å². The molecule has 0 saturated carbocycles. The van der Waals surface area contributed by atoms with Gasteiger partial charge in [0.1, 0.15) is 11.4 Å². The zero-order chi connectivity index (χ0) is 13.8. The minimum atomic E-state index is -0.154. The van der Waals surface area contributed by atoms with Crippen molar-refractivity contribution < 1.29 is 9.53 Å². The first-order chi connectivity index (χ1) is 9.08. The predicted molar refractivity (Wildman–Crippen MR) is 74.5 cm³/mol. The molecule has 0 aliphatic heterocycles. The molecule has 0 unspecified atom stereocenters. The minimum Gasteiger partial charge on any atom is -0.437 e. The van der Waals surface area contributed by atoms with Gasteiger partial charge in [-0.3, -0.25) is 4.79 Å². The van der Waals surface area contributed by atoms with Gasteiger partial charge in [-0.25, -0.2) is 4.98 Å². The summed E-state index contributed by atoms with van der Waals surface area (Å²) in [6, 6.07) is 9.35. The van der Waals surface area contributed by atoms with Gasteiger partial charge in [0.15, 0.2) is 0 Å². The quantitative estimate of drug-likeness (QED) is 0.915. The Labute approximate surface area is 112 Å². The van der Waals surface area contributed by atoms with Crippen LogP contribution in [0.25, 0.3) is 0 Å². The van der Waals surface area contributed by atoms with Gasteiger partial charge >= 0.3 is 0 Å². The number of benzene rings is 1. The van der Waals surface area contributed by atoms with Crippen molar-refractivity contribution in [1.82, 2.24) is 4.98 Å². The lowest BCUT2D eigenvalue weighted by Gasteiger charge is -2.12. The molecule has 0 fully saturated rings. The predicted octanol–water partition coefficient (Wildman–Crippen LogP) is 3.45. The lowest BCUT2D eigenvalue weighted by Crippen LogP contribution is -2.07. The number of aryl methyl sites for hydroxylation is 1. The summed E-state index contributed by atoms with van der Waals surface area (Å²) >= 11 is 0. The Balaban J connectivity index is 2.33. The number of carbonyl (C=O) groups is 1. The highest BCUT2D eigenvalue weighted by Gasteiger charge is 2.09. The van der Waals surface area contributed by atoms with E-state index in [0.717, 1.165) is 16.9 Å². The number of anilines is 1. The fraction of sp³-hybridized carbons (Fsp3) is 0.200. The van der Waals surface area contributed by atoms with Crippen LogP contribution in [0.4, 0.5) is 5.69 Å². The van der Waals surface area contributed by atoms with E-state index in [1.807, 2.05) is 32.0 Å². The fourth-order valence-electron chi connectivity index (χ4n) is 1.70. The van der Waals surface area contributed by atoms with Gasteiger partial charge in [0.2, 0.25) is 11.8 Å². The van der Waals surface area contributed by atoms with Crippen LogP contribution in [0, 0.1) is 13.8 Å². The molecule has 1 amide bonds. The third kappa shape index (κ3) is 3.10. The van der Waals surface area contributed by atoms with Crippen LogP contribution in [-0.4, -0.2) is 10.9 Å². The molecule has 0 aliphatic rings. The normalized spacial score (nSPS) is 10.1. The number of rotatable bonds is 3. The summed E-state index contributed by atoms with van der Waals surface area (Å²) in [5.41, 5.74) is 2.77. The maximum absolute atomic E-state index is 11.1. The van der Waals surface area contributed by atoms with Crippen molar-refractivity contribution in [1.29, 1.82) is 0 Å². The van der Waals surface area contributed by atoms with Crippen LogP contribution >= 0.6 is 0 Å². The smallest absolute Gasteiger partial charge is 0.243 e. The Morgan fingerprint density at radius 2 is 2.00 bits per heavy atom. The number of ether oxygens (including phenoxy) is 1. The van der Waals surface area contributed by atoms with Crippen molar-refractivity contribution in [3.05, 3.63) is 47.7 Å². The van der Waals surface area contributed by atoms with Gasteiger partial charge in [-0.15, -0.1) is 0 Å². The highest BCUT2D eigenvalue weighted by atomic mass is 16.5. The van der Waals surface area contributed by atoms with E-state index in [1.54, 1.807) is 18.3 Å². The Morgan fingerprint density at radius 1 is 1.21 bits per heavy atom.